The molecule has 1 fully saturated rings. The number of hydrogen-bond acceptors (Lipinski definition) is 4. The van der Waals surface area contributed by atoms with Crippen molar-refractivity contribution in [2.75, 3.05) is 10.6 Å². The zero-order valence-electron chi connectivity index (χ0n) is 9.54. The number of hydrogen-bond donors (Lipinski definition) is 1. The maximum atomic E-state index is 6.01. The Balaban J connectivity index is 1.88. The van der Waals surface area contributed by atoms with Crippen LogP contribution in [0.4, 0.5) is 11.5 Å². The zero-order valence-corrected chi connectivity index (χ0v) is 10.4. The molecule has 1 aliphatic rings. The first-order chi connectivity index (χ1) is 8.34. The normalized spacial score (nSPS) is 14.8. The van der Waals surface area contributed by atoms with Crippen molar-refractivity contribution >= 4 is 22.8 Å². The second-order valence-electron chi connectivity index (χ2n) is 4.41. The highest BCUT2D eigenvalue weighted by Crippen LogP contribution is 2.34. The van der Waals surface area contributed by atoms with E-state index in [4.69, 9.17) is 5.73 Å². The van der Waals surface area contributed by atoms with E-state index in [1.165, 1.54) is 18.4 Å². The summed E-state index contributed by atoms with van der Waals surface area (Å²) >= 11 is 1.73. The van der Waals surface area contributed by atoms with Crippen LogP contribution >= 0.6 is 11.3 Å². The van der Waals surface area contributed by atoms with E-state index in [1.807, 2.05) is 18.3 Å². The van der Waals surface area contributed by atoms with Crippen LogP contribution in [-0.2, 0) is 6.54 Å². The highest BCUT2D eigenvalue weighted by Gasteiger charge is 2.30. The minimum atomic E-state index is 0.618. The molecule has 17 heavy (non-hydrogen) atoms. The topological polar surface area (TPSA) is 42.1 Å². The van der Waals surface area contributed by atoms with Gasteiger partial charge in [-0.15, -0.1) is 0 Å². The van der Waals surface area contributed by atoms with Gasteiger partial charge in [0, 0.05) is 18.8 Å². The van der Waals surface area contributed by atoms with E-state index in [2.05, 4.69) is 26.7 Å². The predicted octanol–water partition coefficient (Wildman–Crippen LogP) is 2.89. The first-order valence-electron chi connectivity index (χ1n) is 5.83. The van der Waals surface area contributed by atoms with Crippen molar-refractivity contribution in [1.29, 1.82) is 0 Å². The first kappa shape index (κ1) is 10.6. The molecule has 0 aliphatic heterocycles. The summed E-state index contributed by atoms with van der Waals surface area (Å²) in [6.07, 6.45) is 4.31. The van der Waals surface area contributed by atoms with Gasteiger partial charge in [-0.25, -0.2) is 4.98 Å². The summed E-state index contributed by atoms with van der Waals surface area (Å²) in [5.74, 6) is 0.932. The van der Waals surface area contributed by atoms with Crippen LogP contribution in [0.3, 0.4) is 0 Å². The number of nitrogens with zero attached hydrogens (tertiary/aromatic N) is 2. The minimum Gasteiger partial charge on any atom is -0.396 e. The Bertz CT molecular complexity index is 491. The largest absolute Gasteiger partial charge is 0.396 e. The van der Waals surface area contributed by atoms with Gasteiger partial charge in [-0.2, -0.15) is 11.3 Å². The molecule has 2 heterocycles. The molecule has 2 N–H and O–H groups in total. The second-order valence-corrected chi connectivity index (χ2v) is 5.19. The summed E-state index contributed by atoms with van der Waals surface area (Å²) in [6.45, 7) is 0.912. The third-order valence-electron chi connectivity index (χ3n) is 3.01. The molecule has 88 valence electrons. The predicted molar refractivity (Wildman–Crippen MR) is 72.2 cm³/mol. The van der Waals surface area contributed by atoms with Gasteiger partial charge in [0.2, 0.25) is 0 Å². The van der Waals surface area contributed by atoms with Crippen molar-refractivity contribution in [3.63, 3.8) is 0 Å². The fourth-order valence-electron chi connectivity index (χ4n) is 1.99. The molecule has 1 saturated carbocycles. The maximum Gasteiger partial charge on any atom is 0.152 e. The molecule has 0 spiro atoms. The highest BCUT2D eigenvalue weighted by atomic mass is 32.1. The lowest BCUT2D eigenvalue weighted by Crippen LogP contribution is -2.26. The van der Waals surface area contributed by atoms with Crippen molar-refractivity contribution < 1.29 is 0 Å². The van der Waals surface area contributed by atoms with Gasteiger partial charge in [0.25, 0.3) is 0 Å². The average Bonchev–Trinajstić information content (AvgIpc) is 3.05. The van der Waals surface area contributed by atoms with Crippen LogP contribution in [0.15, 0.2) is 35.2 Å². The van der Waals surface area contributed by atoms with Gasteiger partial charge in [0.1, 0.15) is 0 Å². The van der Waals surface area contributed by atoms with E-state index >= 15 is 0 Å². The number of thiophene rings is 1. The lowest BCUT2D eigenvalue weighted by Gasteiger charge is -2.24. The van der Waals surface area contributed by atoms with Crippen LogP contribution in [0.2, 0.25) is 0 Å². The van der Waals surface area contributed by atoms with Crippen LogP contribution < -0.4 is 10.6 Å². The highest BCUT2D eigenvalue weighted by molar-refractivity contribution is 7.07. The van der Waals surface area contributed by atoms with Crippen LogP contribution in [0.1, 0.15) is 18.4 Å². The number of nitrogens with two attached hydrogens (primary N) is 1. The van der Waals surface area contributed by atoms with E-state index in [9.17, 15) is 0 Å². The Labute approximate surface area is 105 Å². The van der Waals surface area contributed by atoms with E-state index in [1.54, 1.807) is 11.3 Å². The molecule has 4 heteroatoms. The summed E-state index contributed by atoms with van der Waals surface area (Å²) < 4.78 is 0. The number of pyridine rings is 1. The van der Waals surface area contributed by atoms with Crippen molar-refractivity contribution in [2.24, 2.45) is 0 Å². The molecule has 3 rings (SSSR count). The van der Waals surface area contributed by atoms with Crippen molar-refractivity contribution in [3.05, 3.63) is 40.7 Å². The summed E-state index contributed by atoms with van der Waals surface area (Å²) in [4.78, 5) is 6.76. The third-order valence-corrected chi connectivity index (χ3v) is 3.74. The Morgan fingerprint density at radius 3 is 2.94 bits per heavy atom. The number of anilines is 2. The molecule has 1 aliphatic carbocycles. The second kappa shape index (κ2) is 4.37. The molecule has 3 nitrogen and oxygen atoms in total. The van der Waals surface area contributed by atoms with Crippen molar-refractivity contribution in [2.45, 2.75) is 25.4 Å². The smallest absolute Gasteiger partial charge is 0.152 e. The molecule has 0 aromatic carbocycles. The quantitative estimate of drug-likeness (QED) is 0.900. The maximum absolute atomic E-state index is 6.01. The first-order valence-corrected chi connectivity index (χ1v) is 6.77. The fraction of sp³-hybridized carbons (Fsp3) is 0.308. The summed E-state index contributed by atoms with van der Waals surface area (Å²) in [5.41, 5.74) is 8.13. The van der Waals surface area contributed by atoms with Crippen LogP contribution in [0, 0.1) is 0 Å². The van der Waals surface area contributed by atoms with Gasteiger partial charge in [-0.05, 0) is 47.4 Å². The summed E-state index contributed by atoms with van der Waals surface area (Å²) in [6, 6.07) is 6.59. The van der Waals surface area contributed by atoms with Gasteiger partial charge >= 0.3 is 0 Å². The van der Waals surface area contributed by atoms with Crippen LogP contribution in [-0.4, -0.2) is 11.0 Å². The standard InChI is InChI=1S/C13H15N3S/c14-12-2-1-6-15-13(12)16(11-3-4-11)8-10-5-7-17-9-10/h1-2,5-7,9,11H,3-4,8,14H2. The van der Waals surface area contributed by atoms with Crippen LogP contribution in [0.5, 0.6) is 0 Å². The van der Waals surface area contributed by atoms with Gasteiger partial charge in [0.05, 0.1) is 5.69 Å². The Morgan fingerprint density at radius 2 is 2.29 bits per heavy atom. The molecule has 0 saturated heterocycles. The molecule has 2 aromatic rings. The lowest BCUT2D eigenvalue weighted by molar-refractivity contribution is 0.782. The van der Waals surface area contributed by atoms with Crippen LogP contribution in [0.25, 0.3) is 0 Å². The molecule has 0 bridgehead atoms. The third kappa shape index (κ3) is 2.26. The summed E-state index contributed by atoms with van der Waals surface area (Å²) in [5, 5.41) is 4.30. The van der Waals surface area contributed by atoms with Crippen molar-refractivity contribution in [3.8, 4) is 0 Å². The van der Waals surface area contributed by atoms with Crippen molar-refractivity contribution in [1.82, 2.24) is 4.98 Å². The van der Waals surface area contributed by atoms with Gasteiger partial charge in [0.15, 0.2) is 5.82 Å². The molecule has 0 atom stereocenters. The van der Waals surface area contributed by atoms with E-state index < -0.39 is 0 Å². The number of rotatable bonds is 4. The monoisotopic (exact) mass is 245 g/mol. The Kier molecular flexibility index (Phi) is 2.73. The lowest BCUT2D eigenvalue weighted by atomic mass is 10.3. The fourth-order valence-corrected chi connectivity index (χ4v) is 2.65. The number of aromatic nitrogens is 1. The van der Waals surface area contributed by atoms with E-state index in [-0.39, 0.29) is 0 Å². The average molecular weight is 245 g/mol. The number of nitrogen functional groups attached to an aromatic ring is 1. The molecule has 0 radical (unpaired) electrons. The SMILES string of the molecule is Nc1cccnc1N(Cc1ccsc1)C1CC1. The summed E-state index contributed by atoms with van der Waals surface area (Å²) in [7, 11) is 0. The Morgan fingerprint density at radius 1 is 1.41 bits per heavy atom. The Hall–Kier alpha value is -1.55. The minimum absolute atomic E-state index is 0.618. The van der Waals surface area contributed by atoms with E-state index in [0.717, 1.165) is 18.1 Å². The molecular formula is C13H15N3S. The molecule has 2 aromatic heterocycles. The van der Waals surface area contributed by atoms with Gasteiger partial charge in [-0.1, -0.05) is 0 Å². The van der Waals surface area contributed by atoms with E-state index in [0.29, 0.717) is 6.04 Å². The van der Waals surface area contributed by atoms with Gasteiger partial charge < -0.3 is 10.6 Å². The molecule has 0 amide bonds. The zero-order chi connectivity index (χ0) is 11.7. The molecule has 0 unspecified atom stereocenters. The molecular weight excluding hydrogens is 230 g/mol. The van der Waals surface area contributed by atoms with Gasteiger partial charge in [-0.3, -0.25) is 0 Å².